The minimum Gasteiger partial charge on any atom is -0.300 e. The first-order valence-corrected chi connectivity index (χ1v) is 7.65. The molecular formula is C17H26O4. The van der Waals surface area contributed by atoms with E-state index in [0.717, 1.165) is 6.42 Å². The largest absolute Gasteiger partial charge is 0.300 e. The summed E-state index contributed by atoms with van der Waals surface area (Å²) in [5.41, 5.74) is 0. The summed E-state index contributed by atoms with van der Waals surface area (Å²) >= 11 is 0. The van der Waals surface area contributed by atoms with E-state index in [1.807, 2.05) is 6.92 Å². The Morgan fingerprint density at radius 1 is 0.952 bits per heavy atom. The molecule has 0 radical (unpaired) electrons. The van der Waals surface area contributed by atoms with Crippen LogP contribution in [0.1, 0.15) is 53.9 Å². The molecule has 1 saturated carbocycles. The molecule has 0 heterocycles. The van der Waals surface area contributed by atoms with E-state index in [2.05, 4.69) is 0 Å². The van der Waals surface area contributed by atoms with Crippen molar-refractivity contribution < 1.29 is 19.2 Å². The summed E-state index contributed by atoms with van der Waals surface area (Å²) in [5, 5.41) is 0. The van der Waals surface area contributed by atoms with Crippen LogP contribution in [0.4, 0.5) is 0 Å². The van der Waals surface area contributed by atoms with Crippen LogP contribution in [0.15, 0.2) is 0 Å². The Balaban J connectivity index is 3.01. The number of carbonyl (C=O) groups excluding carboxylic acids is 4. The van der Waals surface area contributed by atoms with Gasteiger partial charge in [0.25, 0.3) is 0 Å². The van der Waals surface area contributed by atoms with Crippen LogP contribution in [-0.2, 0) is 19.2 Å². The topological polar surface area (TPSA) is 68.3 Å². The van der Waals surface area contributed by atoms with Crippen LogP contribution in [0.2, 0.25) is 0 Å². The van der Waals surface area contributed by atoms with Crippen molar-refractivity contribution >= 4 is 23.1 Å². The standard InChI is InChI=1S/C17H26O4/c1-9-6-14(15(11(3)19)7-10(2)18)8-16(12(4)20)17(9)13(5)21/h9,14-17H,6-8H2,1-5H3. The summed E-state index contributed by atoms with van der Waals surface area (Å²) in [5.74, 6) is -0.728. The van der Waals surface area contributed by atoms with Crippen molar-refractivity contribution in [1.82, 2.24) is 0 Å². The normalized spacial score (nSPS) is 30.5. The molecule has 0 aromatic carbocycles. The van der Waals surface area contributed by atoms with Crippen LogP contribution in [0.3, 0.4) is 0 Å². The predicted molar refractivity (Wildman–Crippen MR) is 79.7 cm³/mol. The number of Topliss-reactive ketones (excluding diaryl/α,β-unsaturated/α-hetero) is 4. The SMILES string of the molecule is CC(=O)CC(C(C)=O)C1CC(C)C(C(C)=O)C(C(C)=O)C1. The molecule has 4 heteroatoms. The van der Waals surface area contributed by atoms with Gasteiger partial charge in [0.05, 0.1) is 0 Å². The zero-order valence-corrected chi connectivity index (χ0v) is 13.6. The fourth-order valence-corrected chi connectivity index (χ4v) is 3.97. The number of rotatable bonds is 6. The van der Waals surface area contributed by atoms with Gasteiger partial charge < -0.3 is 4.79 Å². The third kappa shape index (κ3) is 4.32. The van der Waals surface area contributed by atoms with Gasteiger partial charge in [-0.3, -0.25) is 14.4 Å². The Labute approximate surface area is 126 Å². The second kappa shape index (κ2) is 7.10. The molecule has 5 unspecified atom stereocenters. The van der Waals surface area contributed by atoms with Gasteiger partial charge >= 0.3 is 0 Å². The van der Waals surface area contributed by atoms with Crippen LogP contribution in [0, 0.1) is 29.6 Å². The second-order valence-corrected chi connectivity index (χ2v) is 6.69. The van der Waals surface area contributed by atoms with Gasteiger partial charge in [-0.15, -0.1) is 0 Å². The number of ketones is 4. The maximum atomic E-state index is 11.9. The Hall–Kier alpha value is -1.32. The average Bonchev–Trinajstić information content (AvgIpc) is 2.33. The van der Waals surface area contributed by atoms with Crippen LogP contribution < -0.4 is 0 Å². The average molecular weight is 294 g/mol. The van der Waals surface area contributed by atoms with Gasteiger partial charge in [0.15, 0.2) is 0 Å². The molecule has 0 aromatic heterocycles. The van der Waals surface area contributed by atoms with Crippen molar-refractivity contribution in [2.24, 2.45) is 29.6 Å². The number of hydrogen-bond donors (Lipinski definition) is 0. The Morgan fingerprint density at radius 3 is 1.90 bits per heavy atom. The molecule has 118 valence electrons. The fraction of sp³-hybridized carbons (Fsp3) is 0.765. The zero-order valence-electron chi connectivity index (χ0n) is 13.6. The van der Waals surface area contributed by atoms with Crippen molar-refractivity contribution in [2.45, 2.75) is 53.9 Å². The monoisotopic (exact) mass is 294 g/mol. The lowest BCUT2D eigenvalue weighted by molar-refractivity contribution is -0.137. The first-order valence-electron chi connectivity index (χ1n) is 7.65. The minimum atomic E-state index is -0.320. The van der Waals surface area contributed by atoms with E-state index in [0.29, 0.717) is 6.42 Å². The summed E-state index contributed by atoms with van der Waals surface area (Å²) in [6, 6.07) is 0. The van der Waals surface area contributed by atoms with Crippen LogP contribution >= 0.6 is 0 Å². The van der Waals surface area contributed by atoms with Gasteiger partial charge in [0.1, 0.15) is 23.1 Å². The van der Waals surface area contributed by atoms with E-state index in [1.54, 1.807) is 0 Å². The predicted octanol–water partition coefficient (Wildman–Crippen LogP) is 2.63. The highest BCUT2D eigenvalue weighted by Gasteiger charge is 2.43. The molecule has 0 aromatic rings. The van der Waals surface area contributed by atoms with Crippen LogP contribution in [0.25, 0.3) is 0 Å². The summed E-state index contributed by atoms with van der Waals surface area (Å²) in [6.45, 7) is 8.03. The molecule has 4 nitrogen and oxygen atoms in total. The first kappa shape index (κ1) is 17.7. The highest BCUT2D eigenvalue weighted by molar-refractivity contribution is 5.88. The molecular weight excluding hydrogens is 268 g/mol. The van der Waals surface area contributed by atoms with Crippen molar-refractivity contribution in [3.8, 4) is 0 Å². The maximum absolute atomic E-state index is 11.9. The summed E-state index contributed by atoms with van der Waals surface area (Å²) in [6.07, 6.45) is 1.51. The molecule has 0 saturated heterocycles. The summed E-state index contributed by atoms with van der Waals surface area (Å²) in [4.78, 5) is 47.0. The molecule has 5 atom stereocenters. The fourth-order valence-electron chi connectivity index (χ4n) is 3.97. The number of carbonyl (C=O) groups is 4. The molecule has 0 spiro atoms. The Morgan fingerprint density at radius 2 is 1.52 bits per heavy atom. The van der Waals surface area contributed by atoms with E-state index in [9.17, 15) is 19.2 Å². The zero-order chi connectivity index (χ0) is 16.3. The highest BCUT2D eigenvalue weighted by Crippen LogP contribution is 2.43. The van der Waals surface area contributed by atoms with Crippen molar-refractivity contribution in [3.63, 3.8) is 0 Å². The summed E-state index contributed by atoms with van der Waals surface area (Å²) < 4.78 is 0. The lowest BCUT2D eigenvalue weighted by Crippen LogP contribution is -2.42. The van der Waals surface area contributed by atoms with Gasteiger partial charge in [-0.2, -0.15) is 0 Å². The molecule has 1 fully saturated rings. The smallest absolute Gasteiger partial charge is 0.133 e. The first-order chi connectivity index (χ1) is 9.65. The van der Waals surface area contributed by atoms with Crippen LogP contribution in [0.5, 0.6) is 0 Å². The maximum Gasteiger partial charge on any atom is 0.133 e. The molecule has 0 amide bonds. The van der Waals surface area contributed by atoms with E-state index in [1.165, 1.54) is 27.7 Å². The van der Waals surface area contributed by atoms with Gasteiger partial charge in [-0.1, -0.05) is 6.92 Å². The molecule has 21 heavy (non-hydrogen) atoms. The van der Waals surface area contributed by atoms with Gasteiger partial charge in [-0.25, -0.2) is 0 Å². The van der Waals surface area contributed by atoms with E-state index in [-0.39, 0.29) is 59.1 Å². The Bertz CT molecular complexity index is 452. The van der Waals surface area contributed by atoms with Gasteiger partial charge in [0.2, 0.25) is 0 Å². The second-order valence-electron chi connectivity index (χ2n) is 6.69. The van der Waals surface area contributed by atoms with Gasteiger partial charge in [-0.05, 0) is 52.4 Å². The lowest BCUT2D eigenvalue weighted by Gasteiger charge is -2.40. The van der Waals surface area contributed by atoms with E-state index >= 15 is 0 Å². The lowest BCUT2D eigenvalue weighted by atomic mass is 9.62. The van der Waals surface area contributed by atoms with Gasteiger partial charge in [0, 0.05) is 24.2 Å². The highest BCUT2D eigenvalue weighted by atomic mass is 16.1. The Kier molecular flexibility index (Phi) is 5.99. The van der Waals surface area contributed by atoms with E-state index < -0.39 is 0 Å². The summed E-state index contributed by atoms with van der Waals surface area (Å²) in [7, 11) is 0. The molecule has 0 bridgehead atoms. The molecule has 1 aliphatic carbocycles. The third-order valence-corrected chi connectivity index (χ3v) is 4.87. The molecule has 0 N–H and O–H groups in total. The third-order valence-electron chi connectivity index (χ3n) is 4.87. The minimum absolute atomic E-state index is 0.00378. The quantitative estimate of drug-likeness (QED) is 0.755. The van der Waals surface area contributed by atoms with E-state index in [4.69, 9.17) is 0 Å². The molecule has 1 rings (SSSR count). The van der Waals surface area contributed by atoms with Crippen molar-refractivity contribution in [3.05, 3.63) is 0 Å². The number of hydrogen-bond acceptors (Lipinski definition) is 4. The molecule has 0 aliphatic heterocycles. The van der Waals surface area contributed by atoms with Crippen LogP contribution in [-0.4, -0.2) is 23.1 Å². The van der Waals surface area contributed by atoms with Crippen molar-refractivity contribution in [1.29, 1.82) is 0 Å². The van der Waals surface area contributed by atoms with Crippen molar-refractivity contribution in [2.75, 3.05) is 0 Å². The molecule has 1 aliphatic rings.